The van der Waals surface area contributed by atoms with Gasteiger partial charge in [-0.05, 0) is 12.8 Å². The summed E-state index contributed by atoms with van der Waals surface area (Å²) in [5.74, 6) is 0.628. The second-order valence-electron chi connectivity index (χ2n) is 4.19. The minimum Gasteiger partial charge on any atom is -0.353 e. The van der Waals surface area contributed by atoms with Gasteiger partial charge in [-0.15, -0.1) is 11.8 Å². The Labute approximate surface area is 99.8 Å². The second-order valence-corrected chi connectivity index (χ2v) is 5.24. The maximum absolute atomic E-state index is 11.6. The minimum absolute atomic E-state index is 0.140. The Morgan fingerprint density at radius 3 is 3.00 bits per heavy atom. The van der Waals surface area contributed by atoms with E-state index in [1.165, 1.54) is 24.6 Å². The molecule has 1 aromatic rings. The average molecular weight is 239 g/mol. The SMILES string of the molecule is Cn1cc(SCC(=O)NC2CCCC2)cn1. The summed E-state index contributed by atoms with van der Waals surface area (Å²) in [5, 5.41) is 7.13. The van der Waals surface area contributed by atoms with Crippen LogP contribution in [0.2, 0.25) is 0 Å². The quantitative estimate of drug-likeness (QED) is 0.811. The van der Waals surface area contributed by atoms with Crippen LogP contribution >= 0.6 is 11.8 Å². The van der Waals surface area contributed by atoms with E-state index in [0.29, 0.717) is 11.8 Å². The molecule has 1 aliphatic carbocycles. The van der Waals surface area contributed by atoms with E-state index in [1.807, 2.05) is 13.2 Å². The fourth-order valence-electron chi connectivity index (χ4n) is 1.96. The fourth-order valence-corrected chi connectivity index (χ4v) is 2.69. The summed E-state index contributed by atoms with van der Waals surface area (Å²) in [6, 6.07) is 0.419. The predicted octanol–water partition coefficient (Wildman–Crippen LogP) is 1.57. The molecule has 0 atom stereocenters. The number of hydrogen-bond donors (Lipinski definition) is 1. The number of carbonyl (C=O) groups is 1. The molecule has 0 bridgehead atoms. The maximum Gasteiger partial charge on any atom is 0.230 e. The van der Waals surface area contributed by atoms with Crippen LogP contribution in [0.15, 0.2) is 17.3 Å². The highest BCUT2D eigenvalue weighted by Gasteiger charge is 2.16. The first-order chi connectivity index (χ1) is 7.74. The molecule has 1 amide bonds. The number of nitrogens with one attached hydrogen (secondary N) is 1. The van der Waals surface area contributed by atoms with Crippen molar-refractivity contribution in [3.63, 3.8) is 0 Å². The zero-order valence-electron chi connectivity index (χ0n) is 9.48. The maximum atomic E-state index is 11.6. The molecule has 4 nitrogen and oxygen atoms in total. The van der Waals surface area contributed by atoms with Gasteiger partial charge in [0.05, 0.1) is 11.9 Å². The van der Waals surface area contributed by atoms with Crippen LogP contribution in [0.5, 0.6) is 0 Å². The summed E-state index contributed by atoms with van der Waals surface area (Å²) in [5.41, 5.74) is 0. The molecule has 1 fully saturated rings. The third kappa shape index (κ3) is 3.27. The smallest absolute Gasteiger partial charge is 0.230 e. The Kier molecular flexibility index (Phi) is 3.88. The van der Waals surface area contributed by atoms with Crippen molar-refractivity contribution in [3.8, 4) is 0 Å². The van der Waals surface area contributed by atoms with Crippen LogP contribution in [-0.4, -0.2) is 27.5 Å². The third-order valence-corrected chi connectivity index (χ3v) is 3.72. The monoisotopic (exact) mass is 239 g/mol. The predicted molar refractivity (Wildman–Crippen MR) is 64.3 cm³/mol. The lowest BCUT2D eigenvalue weighted by Crippen LogP contribution is -2.33. The van der Waals surface area contributed by atoms with Gasteiger partial charge in [0.25, 0.3) is 0 Å². The topological polar surface area (TPSA) is 46.9 Å². The molecule has 0 radical (unpaired) electrons. The van der Waals surface area contributed by atoms with Gasteiger partial charge in [-0.3, -0.25) is 9.48 Å². The molecule has 1 N–H and O–H groups in total. The van der Waals surface area contributed by atoms with Crippen molar-refractivity contribution in [2.45, 2.75) is 36.6 Å². The first kappa shape index (κ1) is 11.5. The number of nitrogens with zero attached hydrogens (tertiary/aromatic N) is 2. The largest absolute Gasteiger partial charge is 0.353 e. The summed E-state index contributed by atoms with van der Waals surface area (Å²) in [6.45, 7) is 0. The van der Waals surface area contributed by atoms with Crippen molar-refractivity contribution in [2.75, 3.05) is 5.75 Å². The van der Waals surface area contributed by atoms with Crippen molar-refractivity contribution in [3.05, 3.63) is 12.4 Å². The summed E-state index contributed by atoms with van der Waals surface area (Å²) < 4.78 is 1.75. The number of amides is 1. The standard InChI is InChI=1S/C11H17N3OS/c1-14-7-10(6-12-14)16-8-11(15)13-9-4-2-3-5-9/h6-7,9H,2-5,8H2,1H3,(H,13,15). The third-order valence-electron chi connectivity index (χ3n) is 2.77. The van der Waals surface area contributed by atoms with Crippen molar-refractivity contribution >= 4 is 17.7 Å². The van der Waals surface area contributed by atoms with Gasteiger partial charge in [-0.2, -0.15) is 5.10 Å². The Bertz CT molecular complexity index is 358. The molecule has 0 unspecified atom stereocenters. The summed E-state index contributed by atoms with van der Waals surface area (Å²) in [4.78, 5) is 12.7. The van der Waals surface area contributed by atoms with Gasteiger partial charge in [-0.1, -0.05) is 12.8 Å². The molecular formula is C11H17N3OS. The van der Waals surface area contributed by atoms with Crippen molar-refractivity contribution in [2.24, 2.45) is 7.05 Å². The van der Waals surface area contributed by atoms with Gasteiger partial charge in [0.1, 0.15) is 0 Å². The molecule has 0 saturated heterocycles. The molecule has 0 aromatic carbocycles. The van der Waals surface area contributed by atoms with Gasteiger partial charge >= 0.3 is 0 Å². The highest BCUT2D eigenvalue weighted by Crippen LogP contribution is 2.19. The Morgan fingerprint density at radius 2 is 2.38 bits per heavy atom. The minimum atomic E-state index is 0.140. The lowest BCUT2D eigenvalue weighted by molar-refractivity contribution is -0.119. The van der Waals surface area contributed by atoms with Crippen LogP contribution in [-0.2, 0) is 11.8 Å². The molecule has 2 rings (SSSR count). The summed E-state index contributed by atoms with van der Waals surface area (Å²) in [6.07, 6.45) is 8.50. The van der Waals surface area contributed by atoms with Gasteiger partial charge in [0, 0.05) is 24.2 Å². The van der Waals surface area contributed by atoms with E-state index in [2.05, 4.69) is 10.4 Å². The van der Waals surface area contributed by atoms with E-state index in [-0.39, 0.29) is 5.91 Å². The number of aryl methyl sites for hydroxylation is 1. The first-order valence-electron chi connectivity index (χ1n) is 5.65. The van der Waals surface area contributed by atoms with Crippen LogP contribution in [0.3, 0.4) is 0 Å². The van der Waals surface area contributed by atoms with Crippen LogP contribution in [0.4, 0.5) is 0 Å². The Hall–Kier alpha value is -0.970. The Balaban J connectivity index is 1.71. The van der Waals surface area contributed by atoms with Crippen LogP contribution < -0.4 is 5.32 Å². The zero-order valence-corrected chi connectivity index (χ0v) is 10.3. The lowest BCUT2D eigenvalue weighted by atomic mass is 10.2. The van der Waals surface area contributed by atoms with Crippen LogP contribution in [0, 0.1) is 0 Å². The van der Waals surface area contributed by atoms with E-state index in [9.17, 15) is 4.79 Å². The van der Waals surface area contributed by atoms with E-state index in [0.717, 1.165) is 17.7 Å². The van der Waals surface area contributed by atoms with E-state index >= 15 is 0 Å². The average Bonchev–Trinajstić information content (AvgIpc) is 2.87. The van der Waals surface area contributed by atoms with E-state index in [4.69, 9.17) is 0 Å². The zero-order chi connectivity index (χ0) is 11.4. The second kappa shape index (κ2) is 5.39. The molecule has 0 aliphatic heterocycles. The van der Waals surface area contributed by atoms with Crippen molar-refractivity contribution in [1.29, 1.82) is 0 Å². The van der Waals surface area contributed by atoms with E-state index in [1.54, 1.807) is 10.9 Å². The fraction of sp³-hybridized carbons (Fsp3) is 0.636. The van der Waals surface area contributed by atoms with Gasteiger partial charge in [0.2, 0.25) is 5.91 Å². The normalized spacial score (nSPS) is 16.6. The molecular weight excluding hydrogens is 222 g/mol. The number of thioether (sulfide) groups is 1. The highest BCUT2D eigenvalue weighted by molar-refractivity contribution is 8.00. The van der Waals surface area contributed by atoms with Gasteiger partial charge < -0.3 is 5.32 Å². The number of carbonyl (C=O) groups excluding carboxylic acids is 1. The molecule has 1 heterocycles. The van der Waals surface area contributed by atoms with Crippen LogP contribution in [0.1, 0.15) is 25.7 Å². The summed E-state index contributed by atoms with van der Waals surface area (Å²) in [7, 11) is 1.88. The molecule has 1 aliphatic rings. The van der Waals surface area contributed by atoms with Gasteiger partial charge in [0.15, 0.2) is 0 Å². The Morgan fingerprint density at radius 1 is 1.62 bits per heavy atom. The van der Waals surface area contributed by atoms with Gasteiger partial charge in [-0.25, -0.2) is 0 Å². The molecule has 1 saturated carbocycles. The highest BCUT2D eigenvalue weighted by atomic mass is 32.2. The van der Waals surface area contributed by atoms with Crippen molar-refractivity contribution < 1.29 is 4.79 Å². The molecule has 5 heteroatoms. The molecule has 1 aromatic heterocycles. The van der Waals surface area contributed by atoms with E-state index < -0.39 is 0 Å². The molecule has 16 heavy (non-hydrogen) atoms. The van der Waals surface area contributed by atoms with Crippen molar-refractivity contribution in [1.82, 2.24) is 15.1 Å². The van der Waals surface area contributed by atoms with Crippen LogP contribution in [0.25, 0.3) is 0 Å². The first-order valence-corrected chi connectivity index (χ1v) is 6.63. The lowest BCUT2D eigenvalue weighted by Gasteiger charge is -2.10. The number of hydrogen-bond acceptors (Lipinski definition) is 3. The number of rotatable bonds is 4. The molecule has 88 valence electrons. The number of aromatic nitrogens is 2. The summed E-state index contributed by atoms with van der Waals surface area (Å²) >= 11 is 1.54. The molecule has 0 spiro atoms.